The molecule has 2 aromatic rings. The highest BCUT2D eigenvalue weighted by Crippen LogP contribution is 2.14. The first-order valence-electron chi connectivity index (χ1n) is 11.6. The first-order chi connectivity index (χ1) is 15.9. The number of carbonyl (C=O) groups excluding carboxylic acids is 2. The second-order valence-electron chi connectivity index (χ2n) is 10.2. The Labute approximate surface area is 197 Å². The van der Waals surface area contributed by atoms with Gasteiger partial charge in [0, 0.05) is 6.54 Å². The Morgan fingerprint density at radius 2 is 1.71 bits per heavy atom. The van der Waals surface area contributed by atoms with E-state index >= 15 is 0 Å². The molecule has 1 aliphatic rings. The van der Waals surface area contributed by atoms with Gasteiger partial charge in [0.1, 0.15) is 11.6 Å². The number of rotatable bonds is 5. The molecule has 0 fully saturated rings. The lowest BCUT2D eigenvalue weighted by Crippen LogP contribution is -2.54. The summed E-state index contributed by atoms with van der Waals surface area (Å²) in [6.07, 6.45) is -1.19. The minimum absolute atomic E-state index is 0.110. The number of hydrogen-bond acceptors (Lipinski definition) is 6. The second kappa shape index (κ2) is 10.0. The molecule has 0 aliphatic carbocycles. The fourth-order valence-corrected chi connectivity index (χ4v) is 4.12. The van der Waals surface area contributed by atoms with Gasteiger partial charge in [0.25, 0.3) is 11.1 Å². The fourth-order valence-electron chi connectivity index (χ4n) is 4.12. The summed E-state index contributed by atoms with van der Waals surface area (Å²) >= 11 is 0. The van der Waals surface area contributed by atoms with E-state index < -0.39 is 35.8 Å². The van der Waals surface area contributed by atoms with Crippen LogP contribution in [0.25, 0.3) is 10.8 Å². The standard InChI is InChI=1S/C24H34N4O6/c1-14(2)12-18(26-23(33)34-24(3,4)5)20(30)25-17-10-11-27-21(31)15-8-6-7-9-16(15)22(32)28(27)13-19(17)29/h6-9,14,17-19,29H,10-13H2,1-5H3,(H,25,30)(H,26,33)/t17?,18?,19-/m0/s1. The van der Waals surface area contributed by atoms with Crippen molar-refractivity contribution >= 4 is 22.8 Å². The Balaban J connectivity index is 1.80. The normalized spacial score (nSPS) is 19.3. The number of benzene rings is 1. The lowest BCUT2D eigenvalue weighted by Gasteiger charge is -2.27. The van der Waals surface area contributed by atoms with E-state index in [0.29, 0.717) is 11.8 Å². The Morgan fingerprint density at radius 3 is 2.26 bits per heavy atom. The SMILES string of the molecule is CC(C)CC(NC(=O)OC(C)(C)C)C(=O)NC1CCn2c(=O)c3ccccc3c(=O)n2C[C@@H]1O. The van der Waals surface area contributed by atoms with Crippen molar-refractivity contribution in [2.75, 3.05) is 0 Å². The van der Waals surface area contributed by atoms with Crippen LogP contribution in [-0.2, 0) is 22.6 Å². The van der Waals surface area contributed by atoms with Gasteiger partial charge in [0.05, 0.1) is 29.5 Å². The predicted octanol–water partition coefficient (Wildman–Crippen LogP) is 1.35. The molecule has 0 saturated carbocycles. The Kier molecular flexibility index (Phi) is 7.50. The van der Waals surface area contributed by atoms with Crippen molar-refractivity contribution in [3.05, 3.63) is 45.0 Å². The highest BCUT2D eigenvalue weighted by molar-refractivity contribution is 5.86. The average Bonchev–Trinajstić information content (AvgIpc) is 2.89. The minimum atomic E-state index is -1.10. The average molecular weight is 475 g/mol. The van der Waals surface area contributed by atoms with Crippen LogP contribution in [-0.4, -0.2) is 50.3 Å². The first kappa shape index (κ1) is 25.5. The molecule has 3 rings (SSSR count). The molecule has 34 heavy (non-hydrogen) atoms. The third-order valence-electron chi connectivity index (χ3n) is 5.67. The quantitative estimate of drug-likeness (QED) is 0.600. The number of fused-ring (bicyclic) bond motifs is 2. The van der Waals surface area contributed by atoms with E-state index in [4.69, 9.17) is 4.74 Å². The summed E-state index contributed by atoms with van der Waals surface area (Å²) in [6, 6.07) is 5.00. The van der Waals surface area contributed by atoms with Gasteiger partial charge in [-0.05, 0) is 51.7 Å². The third kappa shape index (κ3) is 5.85. The number of ether oxygens (including phenoxy) is 1. The van der Waals surface area contributed by atoms with Gasteiger partial charge in [0.15, 0.2) is 0 Å². The maximum Gasteiger partial charge on any atom is 0.408 e. The van der Waals surface area contributed by atoms with Crippen molar-refractivity contribution in [2.24, 2.45) is 5.92 Å². The number of hydrogen-bond donors (Lipinski definition) is 3. The lowest BCUT2D eigenvalue weighted by molar-refractivity contribution is -0.125. The molecule has 10 heteroatoms. The van der Waals surface area contributed by atoms with Crippen LogP contribution in [0.2, 0.25) is 0 Å². The van der Waals surface area contributed by atoms with Gasteiger partial charge in [-0.25, -0.2) is 14.2 Å². The number of nitrogens with one attached hydrogen (secondary N) is 2. The number of amides is 2. The first-order valence-corrected chi connectivity index (χ1v) is 11.6. The van der Waals surface area contributed by atoms with E-state index in [0.717, 1.165) is 0 Å². The van der Waals surface area contributed by atoms with Crippen LogP contribution >= 0.6 is 0 Å². The number of aliphatic hydroxyl groups is 1. The van der Waals surface area contributed by atoms with E-state index in [9.17, 15) is 24.3 Å². The molecule has 2 unspecified atom stereocenters. The molecule has 3 atom stereocenters. The van der Waals surface area contributed by atoms with Gasteiger partial charge in [-0.15, -0.1) is 0 Å². The summed E-state index contributed by atoms with van der Waals surface area (Å²) in [5.41, 5.74) is -1.40. The molecular formula is C24H34N4O6. The highest BCUT2D eigenvalue weighted by atomic mass is 16.6. The zero-order valence-corrected chi connectivity index (χ0v) is 20.3. The number of carbonyl (C=O) groups is 2. The van der Waals surface area contributed by atoms with Crippen LogP contribution in [0, 0.1) is 5.92 Å². The maximum atomic E-state index is 13.1. The van der Waals surface area contributed by atoms with E-state index in [1.54, 1.807) is 45.0 Å². The van der Waals surface area contributed by atoms with Crippen LogP contribution in [0.4, 0.5) is 4.79 Å². The van der Waals surface area contributed by atoms with Gasteiger partial charge in [-0.3, -0.25) is 14.4 Å². The molecule has 3 N–H and O–H groups in total. The third-order valence-corrected chi connectivity index (χ3v) is 5.67. The summed E-state index contributed by atoms with van der Waals surface area (Å²) in [5.74, 6) is -0.349. The molecule has 1 aromatic carbocycles. The molecule has 0 spiro atoms. The van der Waals surface area contributed by atoms with Crippen molar-refractivity contribution in [3.8, 4) is 0 Å². The maximum absolute atomic E-state index is 13.1. The van der Waals surface area contributed by atoms with Crippen LogP contribution < -0.4 is 21.8 Å². The number of alkyl carbamates (subject to hydrolysis) is 1. The Morgan fingerprint density at radius 1 is 1.12 bits per heavy atom. The molecule has 1 aliphatic heterocycles. The number of aliphatic hydroxyl groups excluding tert-OH is 1. The molecule has 10 nitrogen and oxygen atoms in total. The zero-order chi connectivity index (χ0) is 25.2. The van der Waals surface area contributed by atoms with Crippen LogP contribution in [0.3, 0.4) is 0 Å². The molecule has 2 amide bonds. The fraction of sp³-hybridized carbons (Fsp3) is 0.583. The van der Waals surface area contributed by atoms with E-state index in [1.165, 1.54) is 9.36 Å². The van der Waals surface area contributed by atoms with Crippen LogP contribution in [0.15, 0.2) is 33.9 Å². The van der Waals surface area contributed by atoms with Crippen molar-refractivity contribution < 1.29 is 19.4 Å². The number of aromatic nitrogens is 2. The molecule has 1 aromatic heterocycles. The molecular weight excluding hydrogens is 440 g/mol. The molecule has 0 saturated heterocycles. The van der Waals surface area contributed by atoms with E-state index in [-0.39, 0.29) is 41.9 Å². The summed E-state index contributed by atoms with van der Waals surface area (Å²) in [6.45, 7) is 9.06. The summed E-state index contributed by atoms with van der Waals surface area (Å²) < 4.78 is 7.85. The minimum Gasteiger partial charge on any atom is -0.444 e. The zero-order valence-electron chi connectivity index (χ0n) is 20.3. The topological polar surface area (TPSA) is 132 Å². The predicted molar refractivity (Wildman–Crippen MR) is 128 cm³/mol. The summed E-state index contributed by atoms with van der Waals surface area (Å²) in [7, 11) is 0. The smallest absolute Gasteiger partial charge is 0.408 e. The van der Waals surface area contributed by atoms with Crippen molar-refractivity contribution in [2.45, 2.75) is 84.3 Å². The monoisotopic (exact) mass is 474 g/mol. The van der Waals surface area contributed by atoms with Crippen molar-refractivity contribution in [3.63, 3.8) is 0 Å². The second-order valence-corrected chi connectivity index (χ2v) is 10.2. The summed E-state index contributed by atoms with van der Waals surface area (Å²) in [4.78, 5) is 51.3. The number of nitrogens with zero attached hydrogens (tertiary/aromatic N) is 2. The largest absolute Gasteiger partial charge is 0.444 e. The van der Waals surface area contributed by atoms with E-state index in [2.05, 4.69) is 10.6 Å². The van der Waals surface area contributed by atoms with Crippen molar-refractivity contribution in [1.82, 2.24) is 20.0 Å². The van der Waals surface area contributed by atoms with Crippen LogP contribution in [0.5, 0.6) is 0 Å². The van der Waals surface area contributed by atoms with Crippen LogP contribution in [0.1, 0.15) is 47.5 Å². The van der Waals surface area contributed by atoms with Gasteiger partial charge in [-0.2, -0.15) is 0 Å². The van der Waals surface area contributed by atoms with Gasteiger partial charge >= 0.3 is 6.09 Å². The Bertz CT molecular complexity index is 1180. The molecule has 2 heterocycles. The Hall–Kier alpha value is -3.14. The van der Waals surface area contributed by atoms with Crippen molar-refractivity contribution in [1.29, 1.82) is 0 Å². The molecule has 0 radical (unpaired) electrons. The lowest BCUT2D eigenvalue weighted by atomic mass is 10.0. The van der Waals surface area contributed by atoms with Gasteiger partial charge in [-0.1, -0.05) is 26.0 Å². The van der Waals surface area contributed by atoms with Gasteiger partial charge in [0.2, 0.25) is 5.91 Å². The van der Waals surface area contributed by atoms with Gasteiger partial charge < -0.3 is 20.5 Å². The highest BCUT2D eigenvalue weighted by Gasteiger charge is 2.31. The molecule has 0 bridgehead atoms. The van der Waals surface area contributed by atoms with E-state index in [1.807, 2.05) is 13.8 Å². The molecule has 186 valence electrons. The summed E-state index contributed by atoms with van der Waals surface area (Å²) in [5, 5.41) is 16.9.